The molecule has 0 radical (unpaired) electrons. The van der Waals surface area contributed by atoms with Gasteiger partial charge in [-0.25, -0.2) is 23.2 Å². The van der Waals surface area contributed by atoms with Crippen LogP contribution in [0.2, 0.25) is 0 Å². The van der Waals surface area contributed by atoms with Crippen LogP contribution in [0.5, 0.6) is 0 Å². The van der Waals surface area contributed by atoms with E-state index in [1.165, 1.54) is 12.1 Å². The van der Waals surface area contributed by atoms with E-state index < -0.39 is 17.3 Å². The van der Waals surface area contributed by atoms with Gasteiger partial charge in [0.2, 0.25) is 0 Å². The molecule has 0 saturated carbocycles. The van der Waals surface area contributed by atoms with Gasteiger partial charge in [0.25, 0.3) is 0 Å². The van der Waals surface area contributed by atoms with E-state index in [9.17, 15) is 13.6 Å². The van der Waals surface area contributed by atoms with Crippen LogP contribution in [-0.4, -0.2) is 14.8 Å². The molecule has 106 valence electrons. The van der Waals surface area contributed by atoms with Crippen molar-refractivity contribution in [3.63, 3.8) is 0 Å². The van der Waals surface area contributed by atoms with Crippen LogP contribution in [0.15, 0.2) is 47.3 Å². The Morgan fingerprint density at radius 1 is 1.10 bits per heavy atom. The fraction of sp³-hybridized carbons (Fsp3) is 0.0667. The third-order valence-electron chi connectivity index (χ3n) is 3.23. The lowest BCUT2D eigenvalue weighted by molar-refractivity contribution is 0.504. The Morgan fingerprint density at radius 2 is 1.86 bits per heavy atom. The molecule has 0 amide bonds. The van der Waals surface area contributed by atoms with E-state index in [4.69, 9.17) is 0 Å². The molecule has 0 aliphatic carbocycles. The largest absolute Gasteiger partial charge is 0.348 e. The van der Waals surface area contributed by atoms with Crippen LogP contribution in [0.4, 0.5) is 8.78 Å². The van der Waals surface area contributed by atoms with E-state index in [2.05, 4.69) is 10.2 Å². The zero-order chi connectivity index (χ0) is 15.0. The number of aryl methyl sites for hydroxylation is 1. The van der Waals surface area contributed by atoms with Gasteiger partial charge in [-0.2, -0.15) is 5.10 Å². The number of nitrogens with zero attached hydrogens (tertiary/aromatic N) is 2. The summed E-state index contributed by atoms with van der Waals surface area (Å²) in [4.78, 5) is 11.9. The number of nitrogens with one attached hydrogen (secondary N) is 1. The lowest BCUT2D eigenvalue weighted by atomic mass is 10.1. The smallest absolute Gasteiger partial charge is 0.246 e. The Hall–Kier alpha value is -2.76. The molecule has 0 spiro atoms. The van der Waals surface area contributed by atoms with Gasteiger partial charge in [0.15, 0.2) is 17.5 Å². The number of hydrogen-bond donors (Lipinski definition) is 1. The van der Waals surface area contributed by atoms with Crippen molar-refractivity contribution in [3.05, 3.63) is 70.1 Å². The first-order chi connectivity index (χ1) is 10.1. The van der Waals surface area contributed by atoms with E-state index in [-0.39, 0.29) is 11.5 Å². The Labute approximate surface area is 118 Å². The Morgan fingerprint density at radius 3 is 2.62 bits per heavy atom. The number of hydrogen-bond acceptors (Lipinski definition) is 2. The van der Waals surface area contributed by atoms with E-state index in [1.54, 1.807) is 12.1 Å². The van der Waals surface area contributed by atoms with Gasteiger partial charge in [-0.05, 0) is 24.6 Å². The minimum Gasteiger partial charge on any atom is -0.246 e. The van der Waals surface area contributed by atoms with Crippen LogP contribution in [0.25, 0.3) is 17.1 Å². The van der Waals surface area contributed by atoms with Crippen LogP contribution >= 0.6 is 0 Å². The predicted molar refractivity (Wildman–Crippen MR) is 74.3 cm³/mol. The highest BCUT2D eigenvalue weighted by molar-refractivity contribution is 5.62. The Kier molecular flexibility index (Phi) is 3.13. The second kappa shape index (κ2) is 4.97. The van der Waals surface area contributed by atoms with Crippen LogP contribution in [0.1, 0.15) is 5.56 Å². The summed E-state index contributed by atoms with van der Waals surface area (Å²) in [7, 11) is 0. The van der Waals surface area contributed by atoms with Crippen molar-refractivity contribution in [2.75, 3.05) is 0 Å². The molecule has 0 fully saturated rings. The molecule has 21 heavy (non-hydrogen) atoms. The molecule has 0 aliphatic heterocycles. The fourth-order valence-electron chi connectivity index (χ4n) is 2.19. The van der Waals surface area contributed by atoms with Crippen LogP contribution < -0.4 is 5.69 Å². The van der Waals surface area contributed by atoms with Gasteiger partial charge in [0.05, 0.1) is 5.69 Å². The van der Waals surface area contributed by atoms with Crippen LogP contribution in [0, 0.1) is 18.6 Å². The molecule has 0 bridgehead atoms. The van der Waals surface area contributed by atoms with Crippen molar-refractivity contribution in [3.8, 4) is 17.1 Å². The van der Waals surface area contributed by atoms with E-state index in [0.717, 1.165) is 16.2 Å². The summed E-state index contributed by atoms with van der Waals surface area (Å²) >= 11 is 0. The Balaban J connectivity index is 2.31. The summed E-state index contributed by atoms with van der Waals surface area (Å²) in [6.45, 7) is 1.85. The molecule has 1 heterocycles. The summed E-state index contributed by atoms with van der Waals surface area (Å²) in [5.74, 6) is -1.87. The number of rotatable bonds is 2. The third-order valence-corrected chi connectivity index (χ3v) is 3.23. The minimum absolute atomic E-state index is 0.174. The molecule has 1 aromatic heterocycles. The average molecular weight is 287 g/mol. The zero-order valence-electron chi connectivity index (χ0n) is 11.1. The molecule has 3 rings (SSSR count). The van der Waals surface area contributed by atoms with Crippen molar-refractivity contribution < 1.29 is 8.78 Å². The number of H-pyrrole nitrogens is 1. The maximum absolute atomic E-state index is 14.0. The van der Waals surface area contributed by atoms with E-state index in [0.29, 0.717) is 5.56 Å². The first kappa shape index (κ1) is 13.2. The molecular weight excluding hydrogens is 276 g/mol. The van der Waals surface area contributed by atoms with Gasteiger partial charge in [0.1, 0.15) is 0 Å². The molecule has 1 N–H and O–H groups in total. The summed E-state index contributed by atoms with van der Waals surface area (Å²) in [6, 6.07) is 10.9. The first-order valence-corrected chi connectivity index (χ1v) is 6.27. The molecule has 4 nitrogen and oxygen atoms in total. The molecule has 3 aromatic rings. The number of aromatic amines is 1. The van der Waals surface area contributed by atoms with Gasteiger partial charge in [0, 0.05) is 5.56 Å². The Bertz CT molecular complexity index is 867. The van der Waals surface area contributed by atoms with E-state index in [1.807, 2.05) is 19.1 Å². The van der Waals surface area contributed by atoms with Gasteiger partial charge in [-0.1, -0.05) is 30.3 Å². The predicted octanol–water partition coefficient (Wildman–Crippen LogP) is 2.81. The number of halogens is 2. The monoisotopic (exact) mass is 287 g/mol. The molecular formula is C15H11F2N3O. The minimum atomic E-state index is -1.09. The summed E-state index contributed by atoms with van der Waals surface area (Å²) in [5.41, 5.74) is 0.735. The second-order valence-corrected chi connectivity index (χ2v) is 4.58. The topological polar surface area (TPSA) is 50.7 Å². The maximum atomic E-state index is 14.0. The lowest BCUT2D eigenvalue weighted by Gasteiger charge is -2.09. The van der Waals surface area contributed by atoms with Crippen LogP contribution in [-0.2, 0) is 0 Å². The quantitative estimate of drug-likeness (QED) is 0.788. The number of benzene rings is 2. The van der Waals surface area contributed by atoms with Crippen molar-refractivity contribution in [1.29, 1.82) is 0 Å². The standard InChI is InChI=1S/C15H11F2N3O/c1-9-5-2-3-6-10(9)14-18-19-15(21)20(14)12-8-4-7-11(16)13(12)17/h2-8H,1H3,(H,19,21). The molecule has 0 unspecified atom stereocenters. The molecule has 0 aliphatic rings. The van der Waals surface area contributed by atoms with Gasteiger partial charge < -0.3 is 0 Å². The van der Waals surface area contributed by atoms with Gasteiger partial charge >= 0.3 is 5.69 Å². The van der Waals surface area contributed by atoms with E-state index >= 15 is 0 Å². The summed E-state index contributed by atoms with van der Waals surface area (Å²) < 4.78 is 28.4. The maximum Gasteiger partial charge on any atom is 0.348 e. The summed E-state index contributed by atoms with van der Waals surface area (Å²) in [5, 5.41) is 6.21. The second-order valence-electron chi connectivity index (χ2n) is 4.58. The van der Waals surface area contributed by atoms with Gasteiger partial charge in [-0.15, -0.1) is 0 Å². The molecule has 0 saturated heterocycles. The molecule has 0 atom stereocenters. The molecule has 6 heteroatoms. The van der Waals surface area contributed by atoms with Crippen molar-refractivity contribution in [2.45, 2.75) is 6.92 Å². The number of aromatic nitrogens is 3. The van der Waals surface area contributed by atoms with Crippen molar-refractivity contribution in [1.82, 2.24) is 14.8 Å². The highest BCUT2D eigenvalue weighted by Gasteiger charge is 2.18. The van der Waals surface area contributed by atoms with Crippen molar-refractivity contribution in [2.24, 2.45) is 0 Å². The molecule has 2 aromatic carbocycles. The average Bonchev–Trinajstić information content (AvgIpc) is 2.84. The van der Waals surface area contributed by atoms with Crippen molar-refractivity contribution >= 4 is 0 Å². The SMILES string of the molecule is Cc1ccccc1-c1n[nH]c(=O)n1-c1cccc(F)c1F. The van der Waals surface area contributed by atoms with Gasteiger partial charge in [-0.3, -0.25) is 0 Å². The first-order valence-electron chi connectivity index (χ1n) is 6.27. The lowest BCUT2D eigenvalue weighted by Crippen LogP contribution is -2.17. The highest BCUT2D eigenvalue weighted by atomic mass is 19.2. The zero-order valence-corrected chi connectivity index (χ0v) is 11.1. The third kappa shape index (κ3) is 2.14. The highest BCUT2D eigenvalue weighted by Crippen LogP contribution is 2.24. The normalized spacial score (nSPS) is 10.8. The summed E-state index contributed by atoms with van der Waals surface area (Å²) in [6.07, 6.45) is 0. The fourth-order valence-corrected chi connectivity index (χ4v) is 2.19. The van der Waals surface area contributed by atoms with Crippen LogP contribution in [0.3, 0.4) is 0 Å².